The van der Waals surface area contributed by atoms with Crippen LogP contribution in [0.4, 0.5) is 5.69 Å². The molecule has 5 nitrogen and oxygen atoms in total. The summed E-state index contributed by atoms with van der Waals surface area (Å²) in [6.07, 6.45) is 7.52. The van der Waals surface area contributed by atoms with Crippen LogP contribution in [0.1, 0.15) is 5.76 Å². The molecule has 21 heavy (non-hydrogen) atoms. The second-order valence-electron chi connectivity index (χ2n) is 4.24. The molecule has 0 aliphatic carbocycles. The molecule has 0 spiro atoms. The van der Waals surface area contributed by atoms with Gasteiger partial charge in [-0.05, 0) is 30.3 Å². The highest BCUT2D eigenvalue weighted by Crippen LogP contribution is 2.03. The summed E-state index contributed by atoms with van der Waals surface area (Å²) in [6, 6.07) is 13.3. The predicted molar refractivity (Wildman–Crippen MR) is 83.1 cm³/mol. The molecule has 1 amide bonds. The fourth-order valence-electron chi connectivity index (χ4n) is 1.60. The average Bonchev–Trinajstić information content (AvgIpc) is 3.03. The molecule has 0 bridgehead atoms. The number of nitrogens with zero attached hydrogens (tertiary/aromatic N) is 1. The van der Waals surface area contributed by atoms with Gasteiger partial charge in [0, 0.05) is 18.3 Å². The Morgan fingerprint density at radius 3 is 2.81 bits per heavy atom. The zero-order valence-corrected chi connectivity index (χ0v) is 11.5. The minimum Gasteiger partial charge on any atom is -0.469 e. The van der Waals surface area contributed by atoms with Crippen LogP contribution in [-0.2, 0) is 11.2 Å². The smallest absolute Gasteiger partial charge is 0.259 e. The molecular formula is C16H17N3O2. The third-order valence-electron chi connectivity index (χ3n) is 2.61. The summed E-state index contributed by atoms with van der Waals surface area (Å²) >= 11 is 0. The third kappa shape index (κ3) is 5.78. The first-order chi connectivity index (χ1) is 10.3. The number of allylic oxidation sites excluding steroid dienone is 2. The van der Waals surface area contributed by atoms with Crippen molar-refractivity contribution in [2.45, 2.75) is 6.42 Å². The minimum atomic E-state index is -0.200. The summed E-state index contributed by atoms with van der Waals surface area (Å²) in [6.45, 7) is 0.178. The van der Waals surface area contributed by atoms with Gasteiger partial charge in [-0.3, -0.25) is 4.79 Å². The molecule has 0 unspecified atom stereocenters. The molecule has 2 aromatic rings. The van der Waals surface area contributed by atoms with E-state index in [1.807, 2.05) is 48.5 Å². The Labute approximate surface area is 123 Å². The summed E-state index contributed by atoms with van der Waals surface area (Å²) in [7, 11) is 0. The summed E-state index contributed by atoms with van der Waals surface area (Å²) in [5, 5.41) is 6.82. The van der Waals surface area contributed by atoms with E-state index in [0.29, 0.717) is 6.42 Å². The molecule has 0 saturated heterocycles. The molecule has 0 aliphatic heterocycles. The van der Waals surface area contributed by atoms with Crippen molar-refractivity contribution < 1.29 is 9.21 Å². The monoisotopic (exact) mass is 283 g/mol. The summed E-state index contributed by atoms with van der Waals surface area (Å²) in [5.74, 6) is 0.685. The van der Waals surface area contributed by atoms with Crippen LogP contribution < -0.4 is 10.7 Å². The van der Waals surface area contributed by atoms with Crippen LogP contribution in [0.2, 0.25) is 0 Å². The minimum absolute atomic E-state index is 0.178. The first-order valence-electron chi connectivity index (χ1n) is 6.63. The van der Waals surface area contributed by atoms with E-state index < -0.39 is 0 Å². The van der Waals surface area contributed by atoms with Gasteiger partial charge < -0.3 is 9.73 Å². The lowest BCUT2D eigenvalue weighted by molar-refractivity contribution is -0.119. The van der Waals surface area contributed by atoms with E-state index in [4.69, 9.17) is 4.42 Å². The Hall–Kier alpha value is -2.82. The number of hydrogen-bond acceptors (Lipinski definition) is 4. The highest BCUT2D eigenvalue weighted by Gasteiger charge is 1.97. The van der Waals surface area contributed by atoms with E-state index in [1.165, 1.54) is 6.21 Å². The third-order valence-corrected chi connectivity index (χ3v) is 2.61. The molecule has 1 aromatic carbocycles. The Kier molecular flexibility index (Phi) is 5.81. The number of hydrogen-bond donors (Lipinski definition) is 2. The molecule has 108 valence electrons. The summed E-state index contributed by atoms with van der Waals surface area (Å²) < 4.78 is 5.18. The van der Waals surface area contributed by atoms with Crippen molar-refractivity contribution in [1.82, 2.24) is 5.43 Å². The quantitative estimate of drug-likeness (QED) is 0.606. The first-order valence-corrected chi connectivity index (χ1v) is 6.63. The Morgan fingerprint density at radius 2 is 2.05 bits per heavy atom. The van der Waals surface area contributed by atoms with Gasteiger partial charge >= 0.3 is 0 Å². The number of benzene rings is 1. The number of carbonyl (C=O) groups excluding carboxylic acids is 1. The maximum absolute atomic E-state index is 11.5. The fourth-order valence-corrected chi connectivity index (χ4v) is 1.60. The van der Waals surface area contributed by atoms with Gasteiger partial charge in [-0.1, -0.05) is 24.3 Å². The second-order valence-corrected chi connectivity index (χ2v) is 4.24. The molecule has 0 radical (unpaired) electrons. The van der Waals surface area contributed by atoms with Gasteiger partial charge in [0.2, 0.25) is 0 Å². The maximum atomic E-state index is 11.5. The zero-order valence-electron chi connectivity index (χ0n) is 11.5. The molecule has 0 atom stereocenters. The van der Waals surface area contributed by atoms with E-state index in [2.05, 4.69) is 15.8 Å². The van der Waals surface area contributed by atoms with Crippen LogP contribution in [0.25, 0.3) is 0 Å². The van der Waals surface area contributed by atoms with Crippen LogP contribution in [-0.4, -0.2) is 18.7 Å². The largest absolute Gasteiger partial charge is 0.469 e. The van der Waals surface area contributed by atoms with Crippen molar-refractivity contribution in [2.24, 2.45) is 5.10 Å². The van der Waals surface area contributed by atoms with Crippen molar-refractivity contribution in [3.05, 3.63) is 66.6 Å². The van der Waals surface area contributed by atoms with Gasteiger partial charge in [-0.15, -0.1) is 0 Å². The number of carbonyl (C=O) groups is 1. The van der Waals surface area contributed by atoms with Crippen LogP contribution in [0, 0.1) is 0 Å². The SMILES string of the molecule is O=C(CNc1ccccc1)N/N=C\C=C\Cc1ccco1. The van der Waals surface area contributed by atoms with Gasteiger partial charge in [-0.25, -0.2) is 5.43 Å². The summed E-state index contributed by atoms with van der Waals surface area (Å²) in [5.41, 5.74) is 3.34. The number of furan rings is 1. The lowest BCUT2D eigenvalue weighted by Gasteiger charge is -2.03. The number of rotatable bonds is 7. The molecule has 0 aliphatic rings. The Morgan fingerprint density at radius 1 is 1.19 bits per heavy atom. The molecule has 2 N–H and O–H groups in total. The number of nitrogens with one attached hydrogen (secondary N) is 2. The van der Waals surface area contributed by atoms with Gasteiger partial charge in [0.1, 0.15) is 5.76 Å². The Bertz CT molecular complexity index is 589. The van der Waals surface area contributed by atoms with Crippen LogP contribution in [0.3, 0.4) is 0 Å². The van der Waals surface area contributed by atoms with Crippen LogP contribution in [0.15, 0.2) is 70.4 Å². The van der Waals surface area contributed by atoms with Crippen LogP contribution >= 0.6 is 0 Å². The molecule has 0 saturated carbocycles. The van der Waals surface area contributed by atoms with Crippen molar-refractivity contribution in [3.63, 3.8) is 0 Å². The maximum Gasteiger partial charge on any atom is 0.259 e. The van der Waals surface area contributed by atoms with Gasteiger partial charge in [0.25, 0.3) is 5.91 Å². The van der Waals surface area contributed by atoms with E-state index in [1.54, 1.807) is 12.3 Å². The van der Waals surface area contributed by atoms with Crippen molar-refractivity contribution in [3.8, 4) is 0 Å². The van der Waals surface area contributed by atoms with Gasteiger partial charge in [0.15, 0.2) is 0 Å². The first kappa shape index (κ1) is 14.6. The van der Waals surface area contributed by atoms with Crippen molar-refractivity contribution in [1.29, 1.82) is 0 Å². The molecule has 5 heteroatoms. The zero-order chi connectivity index (χ0) is 14.8. The highest BCUT2D eigenvalue weighted by atomic mass is 16.3. The van der Waals surface area contributed by atoms with E-state index in [9.17, 15) is 4.79 Å². The highest BCUT2D eigenvalue weighted by molar-refractivity contribution is 5.82. The number of amides is 1. The van der Waals surface area contributed by atoms with E-state index >= 15 is 0 Å². The molecule has 1 aromatic heterocycles. The lowest BCUT2D eigenvalue weighted by atomic mass is 10.3. The Balaban J connectivity index is 1.62. The molecular weight excluding hydrogens is 266 g/mol. The number of para-hydroxylation sites is 1. The normalized spacial score (nSPS) is 11.0. The lowest BCUT2D eigenvalue weighted by Crippen LogP contribution is -2.25. The number of hydrazone groups is 1. The topological polar surface area (TPSA) is 66.6 Å². The van der Waals surface area contributed by atoms with E-state index in [-0.39, 0.29) is 12.5 Å². The molecule has 1 heterocycles. The number of anilines is 1. The average molecular weight is 283 g/mol. The van der Waals surface area contributed by atoms with Crippen molar-refractivity contribution >= 4 is 17.8 Å². The van der Waals surface area contributed by atoms with E-state index in [0.717, 1.165) is 11.4 Å². The van der Waals surface area contributed by atoms with Crippen LogP contribution in [0.5, 0.6) is 0 Å². The molecule has 2 rings (SSSR count). The van der Waals surface area contributed by atoms with Crippen molar-refractivity contribution in [2.75, 3.05) is 11.9 Å². The summed E-state index contributed by atoms with van der Waals surface area (Å²) in [4.78, 5) is 11.5. The van der Waals surface area contributed by atoms with Gasteiger partial charge in [0.05, 0.1) is 12.8 Å². The van der Waals surface area contributed by atoms with Gasteiger partial charge in [-0.2, -0.15) is 5.10 Å². The fraction of sp³-hybridized carbons (Fsp3) is 0.125. The second kappa shape index (κ2) is 8.37. The predicted octanol–water partition coefficient (Wildman–Crippen LogP) is 2.59. The molecule has 0 fully saturated rings. The standard InChI is InChI=1S/C16H17N3O2/c20-16(13-17-14-7-2-1-3-8-14)19-18-11-5-4-9-15-10-6-12-21-15/h1-8,10-12,17H,9,13H2,(H,19,20)/b5-4+,18-11-.